The highest BCUT2D eigenvalue weighted by Gasteiger charge is 2.21. The quantitative estimate of drug-likeness (QED) is 0.613. The van der Waals surface area contributed by atoms with Gasteiger partial charge in [0.25, 0.3) is 6.43 Å². The molecular weight excluding hydrogens is 249 g/mol. The number of halogens is 3. The summed E-state index contributed by atoms with van der Waals surface area (Å²) in [6, 6.07) is 2.41. The van der Waals surface area contributed by atoms with Crippen LogP contribution in [0.3, 0.4) is 0 Å². The lowest BCUT2D eigenvalue weighted by molar-refractivity contribution is -0.142. The first-order chi connectivity index (χ1) is 8.49. The van der Waals surface area contributed by atoms with Crippen molar-refractivity contribution in [3.05, 3.63) is 28.8 Å². The van der Waals surface area contributed by atoms with E-state index in [1.807, 2.05) is 0 Å². The van der Waals surface area contributed by atoms with E-state index in [1.54, 1.807) is 6.92 Å². The lowest BCUT2D eigenvalue weighted by Gasteiger charge is -2.07. The Hall–Kier alpha value is -2.10. The molecule has 0 atom stereocenters. The summed E-state index contributed by atoms with van der Waals surface area (Å²) >= 11 is 0. The van der Waals surface area contributed by atoms with Gasteiger partial charge in [-0.05, 0) is 13.0 Å². The van der Waals surface area contributed by atoms with Crippen LogP contribution in [0.15, 0.2) is 6.07 Å². The third-order valence-corrected chi connectivity index (χ3v) is 2.03. The van der Waals surface area contributed by atoms with Crippen LogP contribution in [-0.4, -0.2) is 17.6 Å². The average molecular weight is 258 g/mol. The molecule has 96 valence electrons. The Morgan fingerprint density at radius 2 is 2.28 bits per heavy atom. The van der Waals surface area contributed by atoms with E-state index in [9.17, 15) is 18.0 Å². The van der Waals surface area contributed by atoms with Crippen molar-refractivity contribution in [3.63, 3.8) is 0 Å². The molecule has 0 unspecified atom stereocenters. The van der Waals surface area contributed by atoms with Crippen LogP contribution in [0.2, 0.25) is 0 Å². The molecule has 0 radical (unpaired) electrons. The van der Waals surface area contributed by atoms with Gasteiger partial charge in [0.05, 0.1) is 35.9 Å². The van der Waals surface area contributed by atoms with Crippen LogP contribution in [0.5, 0.6) is 0 Å². The minimum absolute atomic E-state index is 0.119. The number of hydrogen-bond acceptors (Lipinski definition) is 4. The van der Waals surface area contributed by atoms with Gasteiger partial charge in [-0.1, -0.05) is 0 Å². The highest BCUT2D eigenvalue weighted by atomic mass is 19.3. The van der Waals surface area contributed by atoms with Crippen molar-refractivity contribution < 1.29 is 22.7 Å². The second kappa shape index (κ2) is 6.00. The van der Waals surface area contributed by atoms with Crippen molar-refractivity contribution in [1.82, 2.24) is 4.98 Å². The molecule has 0 fully saturated rings. The van der Waals surface area contributed by atoms with Crippen LogP contribution in [-0.2, 0) is 16.0 Å². The summed E-state index contributed by atoms with van der Waals surface area (Å²) < 4.78 is 42.8. The number of carbonyl (C=O) groups is 1. The van der Waals surface area contributed by atoms with Gasteiger partial charge >= 0.3 is 5.97 Å². The third-order valence-electron chi connectivity index (χ3n) is 2.03. The molecule has 1 rings (SSSR count). The average Bonchev–Trinajstić information content (AvgIpc) is 2.27. The van der Waals surface area contributed by atoms with Crippen LogP contribution in [0.1, 0.15) is 30.2 Å². The molecule has 18 heavy (non-hydrogen) atoms. The summed E-state index contributed by atoms with van der Waals surface area (Å²) in [6.45, 7) is 1.73. The van der Waals surface area contributed by atoms with Crippen LogP contribution >= 0.6 is 0 Å². The van der Waals surface area contributed by atoms with Gasteiger partial charge in [-0.3, -0.25) is 4.79 Å². The lowest BCUT2D eigenvalue weighted by Crippen LogP contribution is -2.11. The SMILES string of the molecule is CCOC(=O)Cc1cc(C#N)c(C(F)F)c(F)n1. The van der Waals surface area contributed by atoms with Gasteiger partial charge in [-0.2, -0.15) is 9.65 Å². The van der Waals surface area contributed by atoms with E-state index >= 15 is 0 Å². The predicted molar refractivity (Wildman–Crippen MR) is 54.2 cm³/mol. The van der Waals surface area contributed by atoms with Crippen molar-refractivity contribution >= 4 is 5.97 Å². The number of hydrogen-bond donors (Lipinski definition) is 0. The maximum Gasteiger partial charge on any atom is 0.311 e. The number of ether oxygens (including phenoxy) is 1. The Labute approximate surface area is 101 Å². The molecule has 0 aromatic carbocycles. The summed E-state index contributed by atoms with van der Waals surface area (Å²) in [7, 11) is 0. The van der Waals surface area contributed by atoms with Crippen LogP contribution in [0.25, 0.3) is 0 Å². The topological polar surface area (TPSA) is 63.0 Å². The Morgan fingerprint density at radius 1 is 1.61 bits per heavy atom. The summed E-state index contributed by atoms with van der Waals surface area (Å²) in [5, 5.41) is 8.66. The predicted octanol–water partition coefficient (Wildman–Crippen LogP) is 2.14. The van der Waals surface area contributed by atoms with E-state index in [2.05, 4.69) is 9.72 Å². The van der Waals surface area contributed by atoms with Gasteiger partial charge in [0, 0.05) is 0 Å². The molecule has 0 bridgehead atoms. The van der Waals surface area contributed by atoms with Crippen LogP contribution in [0, 0.1) is 17.3 Å². The second-order valence-corrected chi connectivity index (χ2v) is 3.26. The molecule has 0 spiro atoms. The van der Waals surface area contributed by atoms with Crippen molar-refractivity contribution in [2.45, 2.75) is 19.8 Å². The first-order valence-electron chi connectivity index (χ1n) is 5.02. The smallest absolute Gasteiger partial charge is 0.311 e. The molecule has 0 amide bonds. The zero-order valence-electron chi connectivity index (χ0n) is 9.41. The Bertz CT molecular complexity index is 498. The van der Waals surface area contributed by atoms with Gasteiger partial charge in [0.2, 0.25) is 5.95 Å². The Balaban J connectivity index is 3.08. The van der Waals surface area contributed by atoms with Gasteiger partial charge in [0.1, 0.15) is 0 Å². The van der Waals surface area contributed by atoms with Gasteiger partial charge < -0.3 is 4.74 Å². The fraction of sp³-hybridized carbons (Fsp3) is 0.364. The van der Waals surface area contributed by atoms with Crippen molar-refractivity contribution in [3.8, 4) is 6.07 Å². The van der Waals surface area contributed by atoms with E-state index in [0.29, 0.717) is 0 Å². The fourth-order valence-corrected chi connectivity index (χ4v) is 1.32. The zero-order valence-corrected chi connectivity index (χ0v) is 9.41. The van der Waals surface area contributed by atoms with Crippen molar-refractivity contribution in [1.29, 1.82) is 5.26 Å². The van der Waals surface area contributed by atoms with Crippen LogP contribution < -0.4 is 0 Å². The first-order valence-corrected chi connectivity index (χ1v) is 5.02. The number of alkyl halides is 2. The number of pyridine rings is 1. The molecule has 0 saturated carbocycles. The molecule has 4 nitrogen and oxygen atoms in total. The molecule has 1 aromatic rings. The number of nitrogens with zero attached hydrogens (tertiary/aromatic N) is 2. The maximum atomic E-state index is 13.3. The van der Waals surface area contributed by atoms with E-state index in [4.69, 9.17) is 5.26 Å². The second-order valence-electron chi connectivity index (χ2n) is 3.26. The number of aromatic nitrogens is 1. The molecule has 1 heterocycles. The molecule has 0 saturated heterocycles. The minimum atomic E-state index is -3.14. The van der Waals surface area contributed by atoms with E-state index in [1.165, 1.54) is 6.07 Å². The van der Waals surface area contributed by atoms with Gasteiger partial charge in [-0.15, -0.1) is 0 Å². The largest absolute Gasteiger partial charge is 0.466 e. The van der Waals surface area contributed by atoms with E-state index < -0.39 is 29.5 Å². The molecular formula is C11H9F3N2O2. The van der Waals surface area contributed by atoms with Crippen LogP contribution in [0.4, 0.5) is 13.2 Å². The van der Waals surface area contributed by atoms with Crippen molar-refractivity contribution in [2.24, 2.45) is 0 Å². The molecule has 0 aliphatic rings. The first kappa shape index (κ1) is 14.0. The highest BCUT2D eigenvalue weighted by molar-refractivity contribution is 5.72. The maximum absolute atomic E-state index is 13.3. The standard InChI is InChI=1S/C11H9F3N2O2/c1-2-18-8(17)4-7-3-6(5-15)9(10(12)13)11(14)16-7/h3,10H,2,4H2,1H3. The Kier molecular flexibility index (Phi) is 4.66. The minimum Gasteiger partial charge on any atom is -0.466 e. The summed E-state index contributed by atoms with van der Waals surface area (Å²) in [5.41, 5.74) is -1.70. The monoisotopic (exact) mass is 258 g/mol. The summed E-state index contributed by atoms with van der Waals surface area (Å²) in [6.07, 6.45) is -3.51. The Morgan fingerprint density at radius 3 is 2.78 bits per heavy atom. The van der Waals surface area contributed by atoms with Gasteiger partial charge in [-0.25, -0.2) is 13.8 Å². The summed E-state index contributed by atoms with van der Waals surface area (Å²) in [5.74, 6) is -2.11. The molecule has 0 N–H and O–H groups in total. The lowest BCUT2D eigenvalue weighted by atomic mass is 10.1. The number of esters is 1. The summed E-state index contributed by atoms with van der Waals surface area (Å²) in [4.78, 5) is 14.4. The molecule has 7 heteroatoms. The van der Waals surface area contributed by atoms with E-state index in [-0.39, 0.29) is 18.7 Å². The van der Waals surface area contributed by atoms with Gasteiger partial charge in [0.15, 0.2) is 0 Å². The molecule has 1 aromatic heterocycles. The number of carbonyl (C=O) groups excluding carboxylic acids is 1. The number of rotatable bonds is 4. The fourth-order valence-electron chi connectivity index (χ4n) is 1.32. The third kappa shape index (κ3) is 3.20. The van der Waals surface area contributed by atoms with Crippen molar-refractivity contribution in [2.75, 3.05) is 6.61 Å². The molecule has 0 aliphatic carbocycles. The number of nitriles is 1. The zero-order chi connectivity index (χ0) is 13.7. The molecule has 0 aliphatic heterocycles. The highest BCUT2D eigenvalue weighted by Crippen LogP contribution is 2.25. The normalized spacial score (nSPS) is 10.2. The van der Waals surface area contributed by atoms with E-state index in [0.717, 1.165) is 6.07 Å².